The lowest BCUT2D eigenvalue weighted by Gasteiger charge is -2.23. The standard InChI is InChI=1S/C12H21N5O2/c1-4-16(5-2)12(19)9(3)14-11(18)8-17-7-6-10(13)15-17/h6-7,9H,4-5,8H2,1-3H3,(H2,13,15)(H,14,18). The molecule has 3 N–H and O–H groups in total. The van der Waals surface area contributed by atoms with E-state index in [0.29, 0.717) is 18.9 Å². The van der Waals surface area contributed by atoms with Crippen LogP contribution < -0.4 is 11.1 Å². The molecule has 106 valence electrons. The van der Waals surface area contributed by atoms with E-state index in [1.165, 1.54) is 4.68 Å². The Morgan fingerprint density at radius 3 is 2.58 bits per heavy atom. The van der Waals surface area contributed by atoms with Gasteiger partial charge in [0.05, 0.1) is 0 Å². The average Bonchev–Trinajstić information content (AvgIpc) is 2.75. The second kappa shape index (κ2) is 6.77. The molecule has 19 heavy (non-hydrogen) atoms. The van der Waals surface area contributed by atoms with Gasteiger partial charge in [-0.2, -0.15) is 5.10 Å². The van der Waals surface area contributed by atoms with Crippen molar-refractivity contribution in [3.8, 4) is 0 Å². The lowest BCUT2D eigenvalue weighted by Crippen LogP contribution is -2.47. The fourth-order valence-corrected chi connectivity index (χ4v) is 1.77. The number of hydrogen-bond donors (Lipinski definition) is 2. The van der Waals surface area contributed by atoms with Crippen LogP contribution >= 0.6 is 0 Å². The van der Waals surface area contributed by atoms with E-state index in [4.69, 9.17) is 5.73 Å². The lowest BCUT2D eigenvalue weighted by molar-refractivity contribution is -0.135. The fraction of sp³-hybridized carbons (Fsp3) is 0.583. The van der Waals surface area contributed by atoms with Gasteiger partial charge in [0.25, 0.3) is 0 Å². The third-order valence-electron chi connectivity index (χ3n) is 2.79. The number of aromatic nitrogens is 2. The van der Waals surface area contributed by atoms with Gasteiger partial charge < -0.3 is 16.0 Å². The van der Waals surface area contributed by atoms with Gasteiger partial charge >= 0.3 is 0 Å². The molecular formula is C12H21N5O2. The topological polar surface area (TPSA) is 93.2 Å². The Bertz CT molecular complexity index is 439. The molecule has 0 aliphatic rings. The van der Waals surface area contributed by atoms with Gasteiger partial charge in [0, 0.05) is 19.3 Å². The highest BCUT2D eigenvalue weighted by Crippen LogP contribution is 1.97. The van der Waals surface area contributed by atoms with Crippen LogP contribution in [0.4, 0.5) is 5.82 Å². The van der Waals surface area contributed by atoms with Crippen LogP contribution in [0.2, 0.25) is 0 Å². The van der Waals surface area contributed by atoms with Gasteiger partial charge in [-0.1, -0.05) is 0 Å². The number of carbonyl (C=O) groups excluding carboxylic acids is 2. The molecular weight excluding hydrogens is 246 g/mol. The van der Waals surface area contributed by atoms with Crippen molar-refractivity contribution in [2.24, 2.45) is 0 Å². The third kappa shape index (κ3) is 4.27. The first-order valence-electron chi connectivity index (χ1n) is 6.35. The normalized spacial score (nSPS) is 11.9. The minimum Gasteiger partial charge on any atom is -0.382 e. The first-order chi connectivity index (χ1) is 8.97. The van der Waals surface area contributed by atoms with Crippen molar-refractivity contribution in [2.75, 3.05) is 18.8 Å². The van der Waals surface area contributed by atoms with Crippen LogP contribution in [0, 0.1) is 0 Å². The zero-order valence-corrected chi connectivity index (χ0v) is 11.6. The van der Waals surface area contributed by atoms with Gasteiger partial charge in [-0.25, -0.2) is 0 Å². The molecule has 0 aromatic carbocycles. The van der Waals surface area contributed by atoms with E-state index in [-0.39, 0.29) is 18.4 Å². The van der Waals surface area contributed by atoms with Crippen molar-refractivity contribution in [1.82, 2.24) is 20.0 Å². The first-order valence-corrected chi connectivity index (χ1v) is 6.35. The van der Waals surface area contributed by atoms with Crippen LogP contribution in [0.25, 0.3) is 0 Å². The summed E-state index contributed by atoms with van der Waals surface area (Å²) in [6.07, 6.45) is 1.62. The number of amides is 2. The Morgan fingerprint density at radius 2 is 2.11 bits per heavy atom. The average molecular weight is 267 g/mol. The molecule has 1 heterocycles. The summed E-state index contributed by atoms with van der Waals surface area (Å²) in [5.41, 5.74) is 5.46. The second-order valence-corrected chi connectivity index (χ2v) is 4.24. The summed E-state index contributed by atoms with van der Waals surface area (Å²) in [4.78, 5) is 25.4. The second-order valence-electron chi connectivity index (χ2n) is 4.24. The molecule has 0 aliphatic heterocycles. The van der Waals surface area contributed by atoms with Crippen molar-refractivity contribution >= 4 is 17.6 Å². The number of nitrogens with one attached hydrogen (secondary N) is 1. The Morgan fingerprint density at radius 1 is 1.47 bits per heavy atom. The van der Waals surface area contributed by atoms with Crippen molar-refractivity contribution in [2.45, 2.75) is 33.4 Å². The van der Waals surface area contributed by atoms with Gasteiger partial charge in [-0.3, -0.25) is 14.3 Å². The highest BCUT2D eigenvalue weighted by Gasteiger charge is 2.19. The largest absolute Gasteiger partial charge is 0.382 e. The Labute approximate surface area is 112 Å². The minimum atomic E-state index is -0.541. The van der Waals surface area contributed by atoms with E-state index >= 15 is 0 Å². The van der Waals surface area contributed by atoms with Gasteiger partial charge in [-0.15, -0.1) is 0 Å². The highest BCUT2D eigenvalue weighted by molar-refractivity contribution is 5.87. The van der Waals surface area contributed by atoms with E-state index in [1.807, 2.05) is 13.8 Å². The Kier molecular flexibility index (Phi) is 5.35. The number of hydrogen-bond acceptors (Lipinski definition) is 4. The number of nitrogens with zero attached hydrogens (tertiary/aromatic N) is 3. The van der Waals surface area contributed by atoms with Crippen LogP contribution in [0.5, 0.6) is 0 Å². The van der Waals surface area contributed by atoms with E-state index in [0.717, 1.165) is 0 Å². The number of likely N-dealkylation sites (N-methyl/N-ethyl adjacent to an activating group) is 1. The molecule has 0 radical (unpaired) electrons. The summed E-state index contributed by atoms with van der Waals surface area (Å²) < 4.78 is 1.43. The summed E-state index contributed by atoms with van der Waals surface area (Å²) >= 11 is 0. The summed E-state index contributed by atoms with van der Waals surface area (Å²) in [5.74, 6) is 0.00880. The molecule has 1 aromatic rings. The van der Waals surface area contributed by atoms with E-state index < -0.39 is 6.04 Å². The molecule has 0 saturated heterocycles. The summed E-state index contributed by atoms with van der Waals surface area (Å²) in [5, 5.41) is 6.56. The van der Waals surface area contributed by atoms with Gasteiger partial charge in [0.2, 0.25) is 11.8 Å². The number of anilines is 1. The Hall–Kier alpha value is -2.05. The fourth-order valence-electron chi connectivity index (χ4n) is 1.77. The highest BCUT2D eigenvalue weighted by atomic mass is 16.2. The summed E-state index contributed by atoms with van der Waals surface area (Å²) in [6, 6.07) is 1.07. The molecule has 1 unspecified atom stereocenters. The maximum atomic E-state index is 12.0. The number of nitrogens with two attached hydrogens (primary N) is 1. The summed E-state index contributed by atoms with van der Waals surface area (Å²) in [6.45, 7) is 6.80. The molecule has 1 rings (SSSR count). The number of carbonyl (C=O) groups is 2. The molecule has 0 aliphatic carbocycles. The maximum Gasteiger partial charge on any atom is 0.244 e. The molecule has 0 bridgehead atoms. The van der Waals surface area contributed by atoms with Crippen LogP contribution in [-0.4, -0.2) is 45.6 Å². The maximum absolute atomic E-state index is 12.0. The summed E-state index contributed by atoms with van der Waals surface area (Å²) in [7, 11) is 0. The van der Waals surface area contributed by atoms with Crippen molar-refractivity contribution in [3.05, 3.63) is 12.3 Å². The molecule has 0 saturated carbocycles. The monoisotopic (exact) mass is 267 g/mol. The van der Waals surface area contributed by atoms with Crippen LogP contribution in [0.15, 0.2) is 12.3 Å². The van der Waals surface area contributed by atoms with Crippen LogP contribution in [0.3, 0.4) is 0 Å². The van der Waals surface area contributed by atoms with E-state index in [9.17, 15) is 9.59 Å². The quantitative estimate of drug-likeness (QED) is 0.749. The lowest BCUT2D eigenvalue weighted by atomic mass is 10.2. The number of nitrogen functional groups attached to an aromatic ring is 1. The molecule has 7 nitrogen and oxygen atoms in total. The van der Waals surface area contributed by atoms with Crippen LogP contribution in [0.1, 0.15) is 20.8 Å². The molecule has 1 atom stereocenters. The molecule has 0 spiro atoms. The van der Waals surface area contributed by atoms with Gasteiger partial charge in [0.1, 0.15) is 18.4 Å². The number of rotatable bonds is 6. The van der Waals surface area contributed by atoms with Gasteiger partial charge in [-0.05, 0) is 26.8 Å². The van der Waals surface area contributed by atoms with Crippen molar-refractivity contribution < 1.29 is 9.59 Å². The van der Waals surface area contributed by atoms with Crippen molar-refractivity contribution in [1.29, 1.82) is 0 Å². The third-order valence-corrected chi connectivity index (χ3v) is 2.79. The van der Waals surface area contributed by atoms with E-state index in [2.05, 4.69) is 10.4 Å². The zero-order valence-electron chi connectivity index (χ0n) is 11.6. The predicted molar refractivity (Wildman–Crippen MR) is 72.2 cm³/mol. The molecule has 1 aromatic heterocycles. The van der Waals surface area contributed by atoms with Gasteiger partial charge in [0.15, 0.2) is 0 Å². The first kappa shape index (κ1) is 15.0. The Balaban J connectivity index is 2.49. The molecule has 0 fully saturated rings. The predicted octanol–water partition coefficient (Wildman–Crippen LogP) is -0.162. The van der Waals surface area contributed by atoms with Crippen molar-refractivity contribution in [3.63, 3.8) is 0 Å². The minimum absolute atomic E-state index is 0.0487. The zero-order chi connectivity index (χ0) is 14.4. The smallest absolute Gasteiger partial charge is 0.244 e. The van der Waals surface area contributed by atoms with E-state index in [1.54, 1.807) is 24.1 Å². The molecule has 7 heteroatoms. The molecule has 2 amide bonds. The SMILES string of the molecule is CCN(CC)C(=O)C(C)NC(=O)Cn1ccc(N)n1. The van der Waals surface area contributed by atoms with Crippen LogP contribution in [-0.2, 0) is 16.1 Å².